The summed E-state index contributed by atoms with van der Waals surface area (Å²) >= 11 is 5.84. The Bertz CT molecular complexity index is 1090. The molecule has 0 fully saturated rings. The van der Waals surface area contributed by atoms with Gasteiger partial charge in [0.15, 0.2) is 0 Å². The molecule has 10 heteroatoms. The van der Waals surface area contributed by atoms with Gasteiger partial charge in [0, 0.05) is 11.1 Å². The van der Waals surface area contributed by atoms with Gasteiger partial charge in [-0.25, -0.2) is 0 Å². The molecule has 0 aromatic heterocycles. The summed E-state index contributed by atoms with van der Waals surface area (Å²) in [6.45, 7) is 0.540. The number of halogens is 1. The summed E-state index contributed by atoms with van der Waals surface area (Å²) in [5, 5.41) is 26.8. The summed E-state index contributed by atoms with van der Waals surface area (Å²) in [5.74, 6) is 0.259. The Morgan fingerprint density at radius 2 is 1.67 bits per heavy atom. The molecule has 0 saturated carbocycles. The molecule has 3 rings (SSSR count). The normalized spacial score (nSPS) is 10.7. The van der Waals surface area contributed by atoms with Crippen LogP contribution in [0.25, 0.3) is 0 Å². The quantitative estimate of drug-likeness (QED) is 0.305. The topological polar surface area (TPSA) is 120 Å². The van der Waals surface area contributed by atoms with Gasteiger partial charge >= 0.3 is 5.69 Å². The van der Waals surface area contributed by atoms with Crippen molar-refractivity contribution in [2.75, 3.05) is 0 Å². The van der Waals surface area contributed by atoms with Crippen molar-refractivity contribution in [1.82, 2.24) is 5.43 Å². The molecule has 3 aromatic carbocycles. The number of nitrogens with zero attached hydrogens (tertiary/aromatic N) is 3. The van der Waals surface area contributed by atoms with E-state index >= 15 is 0 Å². The van der Waals surface area contributed by atoms with Crippen molar-refractivity contribution in [3.8, 4) is 11.5 Å². The van der Waals surface area contributed by atoms with Gasteiger partial charge in [-0.15, -0.1) is 0 Å². The third-order valence-electron chi connectivity index (χ3n) is 3.96. The zero-order valence-corrected chi connectivity index (χ0v) is 16.2. The number of benzene rings is 3. The van der Waals surface area contributed by atoms with E-state index in [1.54, 1.807) is 42.6 Å². The average Bonchev–Trinajstić information content (AvgIpc) is 2.73. The lowest BCUT2D eigenvalue weighted by Crippen LogP contribution is -2.05. The second-order valence-electron chi connectivity index (χ2n) is 6.06. The molecule has 0 spiro atoms. The maximum atomic E-state index is 11.2. The average molecular weight is 427 g/mol. The first-order valence-corrected chi connectivity index (χ1v) is 9.01. The molecular formula is C20H15ClN4O5. The summed E-state index contributed by atoms with van der Waals surface area (Å²) in [5.41, 5.74) is 3.87. The van der Waals surface area contributed by atoms with Crippen LogP contribution in [0.4, 0.5) is 11.4 Å². The van der Waals surface area contributed by atoms with E-state index in [2.05, 4.69) is 10.5 Å². The minimum atomic E-state index is -0.726. The highest BCUT2D eigenvalue weighted by Crippen LogP contribution is 2.34. The number of rotatable bonds is 8. The van der Waals surface area contributed by atoms with E-state index in [-0.39, 0.29) is 11.4 Å². The molecule has 0 atom stereocenters. The van der Waals surface area contributed by atoms with Crippen LogP contribution in [-0.2, 0) is 6.54 Å². The maximum Gasteiger partial charge on any atom is 0.318 e. The molecule has 0 aliphatic carbocycles. The number of nitro benzene ring substituents is 2. The number of non-ortho nitro benzene ring substituents is 1. The molecule has 3 aromatic rings. The molecule has 9 nitrogen and oxygen atoms in total. The van der Waals surface area contributed by atoms with Crippen molar-refractivity contribution in [3.05, 3.63) is 103 Å². The summed E-state index contributed by atoms with van der Waals surface area (Å²) in [6.07, 6.45) is 1.62. The Morgan fingerprint density at radius 1 is 0.967 bits per heavy atom. The molecule has 0 bridgehead atoms. The van der Waals surface area contributed by atoms with Crippen molar-refractivity contribution in [1.29, 1.82) is 0 Å². The first-order valence-electron chi connectivity index (χ1n) is 8.63. The van der Waals surface area contributed by atoms with Gasteiger partial charge in [0.2, 0.25) is 5.75 Å². The minimum Gasteiger partial charge on any atom is -0.450 e. The Morgan fingerprint density at radius 3 is 2.30 bits per heavy atom. The van der Waals surface area contributed by atoms with Crippen LogP contribution in [-0.4, -0.2) is 16.1 Å². The minimum absolute atomic E-state index is 0.0864. The lowest BCUT2D eigenvalue weighted by atomic mass is 10.2. The number of ether oxygens (including phenoxy) is 1. The van der Waals surface area contributed by atoms with Gasteiger partial charge in [0.05, 0.1) is 28.7 Å². The molecule has 0 radical (unpaired) electrons. The SMILES string of the molecule is O=[N+]([O-])c1ccc(Oc2ccc(/C=N\NCc3ccc(Cl)cc3)cc2)c([N+](=O)[O-])c1. The number of nitro groups is 2. The molecule has 0 amide bonds. The first kappa shape index (κ1) is 20.7. The van der Waals surface area contributed by atoms with Crippen molar-refractivity contribution in [2.24, 2.45) is 5.10 Å². The fourth-order valence-electron chi connectivity index (χ4n) is 2.46. The standard InChI is InChI=1S/C20H15ClN4O5/c21-16-5-1-14(2-6-16)12-22-23-13-15-3-8-18(9-4-15)30-20-10-7-17(24(26)27)11-19(20)25(28)29/h1-11,13,22H,12H2/b23-13-. The molecular weight excluding hydrogens is 412 g/mol. The Balaban J connectivity index is 1.62. The second-order valence-corrected chi connectivity index (χ2v) is 6.49. The number of hydrogen-bond donors (Lipinski definition) is 1. The fraction of sp³-hybridized carbons (Fsp3) is 0.0500. The van der Waals surface area contributed by atoms with Gasteiger partial charge in [-0.3, -0.25) is 20.2 Å². The summed E-state index contributed by atoms with van der Waals surface area (Å²) in [6, 6.07) is 17.3. The van der Waals surface area contributed by atoms with E-state index in [1.165, 1.54) is 6.07 Å². The monoisotopic (exact) mass is 426 g/mol. The van der Waals surface area contributed by atoms with Crippen LogP contribution in [0.1, 0.15) is 11.1 Å². The highest BCUT2D eigenvalue weighted by molar-refractivity contribution is 6.30. The van der Waals surface area contributed by atoms with Gasteiger partial charge < -0.3 is 10.2 Å². The van der Waals surface area contributed by atoms with E-state index in [4.69, 9.17) is 16.3 Å². The fourth-order valence-corrected chi connectivity index (χ4v) is 2.58. The molecule has 1 N–H and O–H groups in total. The number of hydrogen-bond acceptors (Lipinski definition) is 7. The van der Waals surface area contributed by atoms with Crippen LogP contribution in [0.15, 0.2) is 71.8 Å². The molecule has 0 saturated heterocycles. The lowest BCUT2D eigenvalue weighted by Gasteiger charge is -2.06. The number of nitrogens with one attached hydrogen (secondary N) is 1. The van der Waals surface area contributed by atoms with Crippen LogP contribution in [0.3, 0.4) is 0 Å². The van der Waals surface area contributed by atoms with E-state index in [9.17, 15) is 20.2 Å². The molecule has 0 aliphatic rings. The predicted molar refractivity (Wildman–Crippen MR) is 112 cm³/mol. The zero-order chi connectivity index (χ0) is 21.5. The van der Waals surface area contributed by atoms with E-state index in [1.807, 2.05) is 12.1 Å². The van der Waals surface area contributed by atoms with Crippen LogP contribution in [0, 0.1) is 20.2 Å². The third kappa shape index (κ3) is 5.52. The highest BCUT2D eigenvalue weighted by Gasteiger charge is 2.21. The van der Waals surface area contributed by atoms with Gasteiger partial charge in [0.1, 0.15) is 5.75 Å². The largest absolute Gasteiger partial charge is 0.450 e. The van der Waals surface area contributed by atoms with Crippen molar-refractivity contribution in [3.63, 3.8) is 0 Å². The van der Waals surface area contributed by atoms with Gasteiger partial charge in [0.25, 0.3) is 5.69 Å². The van der Waals surface area contributed by atoms with Crippen molar-refractivity contribution in [2.45, 2.75) is 6.54 Å². The summed E-state index contributed by atoms with van der Waals surface area (Å²) in [4.78, 5) is 20.6. The zero-order valence-electron chi connectivity index (χ0n) is 15.4. The van der Waals surface area contributed by atoms with Gasteiger partial charge in [-0.2, -0.15) is 5.10 Å². The molecule has 0 aliphatic heterocycles. The van der Waals surface area contributed by atoms with Crippen molar-refractivity contribution >= 4 is 29.2 Å². The van der Waals surface area contributed by atoms with Crippen LogP contribution >= 0.6 is 11.6 Å². The Hall–Kier alpha value is -3.98. The Kier molecular flexibility index (Phi) is 6.56. The van der Waals surface area contributed by atoms with E-state index < -0.39 is 15.5 Å². The third-order valence-corrected chi connectivity index (χ3v) is 4.21. The smallest absolute Gasteiger partial charge is 0.318 e. The highest BCUT2D eigenvalue weighted by atomic mass is 35.5. The van der Waals surface area contributed by atoms with Crippen molar-refractivity contribution < 1.29 is 14.6 Å². The predicted octanol–water partition coefficient (Wildman–Crippen LogP) is 5.07. The van der Waals surface area contributed by atoms with Crippen LogP contribution in [0.5, 0.6) is 11.5 Å². The molecule has 0 heterocycles. The van der Waals surface area contributed by atoms with Crippen LogP contribution in [0.2, 0.25) is 5.02 Å². The van der Waals surface area contributed by atoms with Gasteiger partial charge in [-0.1, -0.05) is 23.7 Å². The first-order chi connectivity index (χ1) is 14.4. The number of hydrazone groups is 1. The lowest BCUT2D eigenvalue weighted by molar-refractivity contribution is -0.394. The van der Waals surface area contributed by atoms with E-state index in [0.717, 1.165) is 23.3 Å². The van der Waals surface area contributed by atoms with Gasteiger partial charge in [-0.05, 0) is 53.6 Å². The molecule has 30 heavy (non-hydrogen) atoms. The Labute approximate surface area is 175 Å². The second kappa shape index (κ2) is 9.48. The van der Waals surface area contributed by atoms with Crippen LogP contribution < -0.4 is 10.2 Å². The molecule has 0 unspecified atom stereocenters. The summed E-state index contributed by atoms with van der Waals surface area (Å²) < 4.78 is 5.52. The van der Waals surface area contributed by atoms with E-state index in [0.29, 0.717) is 17.3 Å². The molecule has 152 valence electrons. The summed E-state index contributed by atoms with van der Waals surface area (Å²) in [7, 11) is 0. The maximum absolute atomic E-state index is 11.2.